The molecule has 0 aliphatic carbocycles. The number of para-hydroxylation sites is 1. The Morgan fingerprint density at radius 2 is 1.07 bits per heavy atom. The molecule has 246 valence electrons. The highest BCUT2D eigenvalue weighted by molar-refractivity contribution is 5.21. The SMILES string of the molecule is CCCCCCCCC(OCCOCCOCCOCCOCCO)C(O)(CCCCCCCC)Oc1ccccc1. The van der Waals surface area contributed by atoms with Crippen molar-refractivity contribution in [3.05, 3.63) is 30.3 Å². The van der Waals surface area contributed by atoms with E-state index in [4.69, 9.17) is 33.5 Å². The number of hydrogen-bond donors (Lipinski definition) is 2. The molecule has 2 N–H and O–H groups in total. The summed E-state index contributed by atoms with van der Waals surface area (Å²) >= 11 is 0. The maximum absolute atomic E-state index is 11.9. The summed E-state index contributed by atoms with van der Waals surface area (Å²) in [7, 11) is 0. The van der Waals surface area contributed by atoms with Crippen molar-refractivity contribution >= 4 is 0 Å². The van der Waals surface area contributed by atoms with E-state index >= 15 is 0 Å². The Morgan fingerprint density at radius 3 is 1.62 bits per heavy atom. The molecule has 0 saturated carbocycles. The number of rotatable bonds is 32. The number of unbranched alkanes of at least 4 members (excludes halogenated alkanes) is 10. The maximum Gasteiger partial charge on any atom is 0.234 e. The van der Waals surface area contributed by atoms with Crippen LogP contribution in [0, 0.1) is 0 Å². The lowest BCUT2D eigenvalue weighted by Gasteiger charge is -2.36. The molecule has 0 fully saturated rings. The summed E-state index contributed by atoms with van der Waals surface area (Å²) in [5, 5.41) is 20.6. The second-order valence-electron chi connectivity index (χ2n) is 10.9. The molecule has 0 amide bonds. The summed E-state index contributed by atoms with van der Waals surface area (Å²) in [6.45, 7) is 8.49. The van der Waals surface area contributed by atoms with E-state index in [9.17, 15) is 5.11 Å². The van der Waals surface area contributed by atoms with Gasteiger partial charge in [-0.3, -0.25) is 0 Å². The van der Waals surface area contributed by atoms with Crippen LogP contribution in [0.3, 0.4) is 0 Å². The number of hydrogen-bond acceptors (Lipinski definition) is 8. The minimum Gasteiger partial charge on any atom is -0.460 e. The van der Waals surface area contributed by atoms with E-state index in [1.807, 2.05) is 30.3 Å². The number of ether oxygens (including phenoxy) is 6. The van der Waals surface area contributed by atoms with Gasteiger partial charge in [0, 0.05) is 6.42 Å². The number of aliphatic hydroxyl groups is 2. The molecule has 0 aromatic heterocycles. The third-order valence-electron chi connectivity index (χ3n) is 7.15. The van der Waals surface area contributed by atoms with Crippen LogP contribution in [0.4, 0.5) is 0 Å². The van der Waals surface area contributed by atoms with Crippen LogP contribution >= 0.6 is 0 Å². The fraction of sp³-hybridized carbons (Fsp3) is 0.824. The van der Waals surface area contributed by atoms with Crippen LogP contribution < -0.4 is 4.74 Å². The van der Waals surface area contributed by atoms with Crippen LogP contribution in [0.5, 0.6) is 5.75 Å². The van der Waals surface area contributed by atoms with Gasteiger partial charge in [-0.2, -0.15) is 0 Å². The Morgan fingerprint density at radius 1 is 0.595 bits per heavy atom. The second-order valence-corrected chi connectivity index (χ2v) is 10.9. The van der Waals surface area contributed by atoms with Gasteiger partial charge in [0.05, 0.1) is 66.1 Å². The number of benzene rings is 1. The van der Waals surface area contributed by atoms with Crippen molar-refractivity contribution < 1.29 is 38.6 Å². The van der Waals surface area contributed by atoms with Gasteiger partial charge in [0.2, 0.25) is 5.79 Å². The van der Waals surface area contributed by atoms with Gasteiger partial charge in [0.1, 0.15) is 11.9 Å². The zero-order valence-corrected chi connectivity index (χ0v) is 26.8. The molecular formula is C34H62O8. The zero-order valence-electron chi connectivity index (χ0n) is 26.8. The molecule has 8 heteroatoms. The first-order valence-corrected chi connectivity index (χ1v) is 16.7. The highest BCUT2D eigenvalue weighted by Gasteiger charge is 2.39. The molecule has 1 aromatic carbocycles. The molecule has 1 aromatic rings. The van der Waals surface area contributed by atoms with Gasteiger partial charge in [-0.15, -0.1) is 0 Å². The second kappa shape index (κ2) is 28.5. The first kappa shape index (κ1) is 38.8. The van der Waals surface area contributed by atoms with Gasteiger partial charge in [-0.1, -0.05) is 103 Å². The maximum atomic E-state index is 11.9. The van der Waals surface area contributed by atoms with Crippen LogP contribution in [0.1, 0.15) is 104 Å². The normalized spacial score (nSPS) is 13.7. The molecule has 0 aliphatic heterocycles. The number of aliphatic hydroxyl groups excluding tert-OH is 1. The third kappa shape index (κ3) is 21.4. The Labute approximate surface area is 256 Å². The van der Waals surface area contributed by atoms with E-state index in [-0.39, 0.29) is 6.61 Å². The van der Waals surface area contributed by atoms with Crippen molar-refractivity contribution in [3.63, 3.8) is 0 Å². The minimum atomic E-state index is -1.39. The van der Waals surface area contributed by atoms with E-state index in [1.165, 1.54) is 51.4 Å². The van der Waals surface area contributed by atoms with Crippen molar-refractivity contribution in [1.29, 1.82) is 0 Å². The molecule has 42 heavy (non-hydrogen) atoms. The van der Waals surface area contributed by atoms with Crippen LogP contribution in [-0.2, 0) is 23.7 Å². The summed E-state index contributed by atoms with van der Waals surface area (Å²) in [5.41, 5.74) is 0. The van der Waals surface area contributed by atoms with E-state index < -0.39 is 11.9 Å². The lowest BCUT2D eigenvalue weighted by atomic mass is 9.96. The van der Waals surface area contributed by atoms with Crippen molar-refractivity contribution in [2.24, 2.45) is 0 Å². The Bertz CT molecular complexity index is 677. The predicted molar refractivity (Wildman–Crippen MR) is 168 cm³/mol. The lowest BCUT2D eigenvalue weighted by molar-refractivity contribution is -0.229. The smallest absolute Gasteiger partial charge is 0.234 e. The predicted octanol–water partition coefficient (Wildman–Crippen LogP) is 6.70. The Balaban J connectivity index is 2.53. The summed E-state index contributed by atoms with van der Waals surface area (Å²) in [6.07, 6.45) is 14.8. The Kier molecular flexibility index (Phi) is 26.3. The highest BCUT2D eigenvalue weighted by atomic mass is 16.7. The topological polar surface area (TPSA) is 95.8 Å². The molecule has 8 nitrogen and oxygen atoms in total. The minimum absolute atomic E-state index is 0.0233. The first-order chi connectivity index (χ1) is 20.7. The van der Waals surface area contributed by atoms with Crippen LogP contribution in [-0.4, -0.2) is 88.2 Å². The largest absolute Gasteiger partial charge is 0.460 e. The first-order valence-electron chi connectivity index (χ1n) is 16.7. The van der Waals surface area contributed by atoms with Crippen LogP contribution in [0.2, 0.25) is 0 Å². The highest BCUT2D eigenvalue weighted by Crippen LogP contribution is 2.30. The van der Waals surface area contributed by atoms with Gasteiger partial charge < -0.3 is 38.6 Å². The zero-order chi connectivity index (χ0) is 30.4. The van der Waals surface area contributed by atoms with Gasteiger partial charge in [0.15, 0.2) is 0 Å². The quantitative estimate of drug-likeness (QED) is 0.0699. The summed E-state index contributed by atoms with van der Waals surface area (Å²) in [6, 6.07) is 9.61. The van der Waals surface area contributed by atoms with E-state index in [0.717, 1.165) is 32.1 Å². The fourth-order valence-corrected chi connectivity index (χ4v) is 4.75. The van der Waals surface area contributed by atoms with Crippen molar-refractivity contribution in [3.8, 4) is 5.75 Å². The molecule has 0 radical (unpaired) electrons. The van der Waals surface area contributed by atoms with E-state index in [1.54, 1.807) is 0 Å². The van der Waals surface area contributed by atoms with Crippen molar-refractivity contribution in [2.45, 2.75) is 116 Å². The third-order valence-corrected chi connectivity index (χ3v) is 7.15. The van der Waals surface area contributed by atoms with E-state index in [2.05, 4.69) is 13.8 Å². The average Bonchev–Trinajstić information content (AvgIpc) is 3.00. The molecule has 0 spiro atoms. The van der Waals surface area contributed by atoms with Crippen molar-refractivity contribution in [1.82, 2.24) is 0 Å². The molecule has 0 aliphatic rings. The standard InChI is InChI=1S/C34H62O8/c1-3-5-7-9-11-16-20-33(41-31-30-40-29-28-39-27-26-38-25-24-37-23-22-35)34(36,21-17-12-10-8-6-4-2)42-32-18-14-13-15-19-32/h13-15,18-19,33,35-36H,3-12,16-17,20-31H2,1-2H3. The fourth-order valence-electron chi connectivity index (χ4n) is 4.75. The average molecular weight is 599 g/mol. The molecular weight excluding hydrogens is 536 g/mol. The molecule has 2 atom stereocenters. The Hall–Kier alpha value is -1.26. The lowest BCUT2D eigenvalue weighted by Crippen LogP contribution is -2.49. The van der Waals surface area contributed by atoms with Gasteiger partial charge in [-0.25, -0.2) is 0 Å². The molecule has 0 bridgehead atoms. The van der Waals surface area contributed by atoms with Crippen molar-refractivity contribution in [2.75, 3.05) is 66.1 Å². The van der Waals surface area contributed by atoms with Crippen LogP contribution in [0.15, 0.2) is 30.3 Å². The van der Waals surface area contributed by atoms with Gasteiger partial charge >= 0.3 is 0 Å². The van der Waals surface area contributed by atoms with E-state index in [0.29, 0.717) is 71.6 Å². The van der Waals surface area contributed by atoms with Gasteiger partial charge in [-0.05, 0) is 25.0 Å². The van der Waals surface area contributed by atoms with Gasteiger partial charge in [0.25, 0.3) is 0 Å². The van der Waals surface area contributed by atoms with Crippen LogP contribution in [0.25, 0.3) is 0 Å². The molecule has 0 saturated heterocycles. The molecule has 0 heterocycles. The summed E-state index contributed by atoms with van der Waals surface area (Å²) < 4.78 is 34.4. The monoisotopic (exact) mass is 598 g/mol. The molecule has 2 unspecified atom stereocenters. The summed E-state index contributed by atoms with van der Waals surface area (Å²) in [5.74, 6) is -0.723. The summed E-state index contributed by atoms with van der Waals surface area (Å²) in [4.78, 5) is 0. The molecule has 1 rings (SSSR count).